The van der Waals surface area contributed by atoms with E-state index < -0.39 is 0 Å². The van der Waals surface area contributed by atoms with Crippen LogP contribution in [0, 0.1) is 0 Å². The molecule has 0 bridgehead atoms. The Hall–Kier alpha value is -2.82. The van der Waals surface area contributed by atoms with Crippen molar-refractivity contribution in [2.24, 2.45) is 5.10 Å². The second-order valence-electron chi connectivity index (χ2n) is 5.73. The van der Waals surface area contributed by atoms with E-state index in [0.717, 1.165) is 24.3 Å². The Morgan fingerprint density at radius 3 is 2.68 bits per heavy atom. The van der Waals surface area contributed by atoms with Crippen molar-refractivity contribution in [3.63, 3.8) is 0 Å². The van der Waals surface area contributed by atoms with E-state index in [2.05, 4.69) is 17.5 Å². The van der Waals surface area contributed by atoms with E-state index in [0.29, 0.717) is 5.56 Å². The maximum absolute atomic E-state index is 11.9. The molecular formula is C20H24N2O3. The second kappa shape index (κ2) is 10.1. The number of carbonyl (C=O) groups is 1. The number of carbonyl (C=O) groups excluding carboxylic acids is 1. The fraction of sp³-hybridized carbons (Fsp3) is 0.300. The Kier molecular flexibility index (Phi) is 7.50. The molecule has 2 aromatic carbocycles. The first-order valence-corrected chi connectivity index (χ1v) is 8.54. The quantitative estimate of drug-likeness (QED) is 0.410. The fourth-order valence-corrected chi connectivity index (χ4v) is 2.25. The van der Waals surface area contributed by atoms with Gasteiger partial charge in [0.2, 0.25) is 0 Å². The summed E-state index contributed by atoms with van der Waals surface area (Å²) in [5, 5.41) is 13.3. The molecule has 0 aliphatic heterocycles. The lowest BCUT2D eigenvalue weighted by Gasteiger charge is -2.06. The zero-order valence-corrected chi connectivity index (χ0v) is 14.4. The molecule has 2 aromatic rings. The predicted molar refractivity (Wildman–Crippen MR) is 99.2 cm³/mol. The smallest absolute Gasteiger partial charge is 0.271 e. The summed E-state index contributed by atoms with van der Waals surface area (Å²) in [5.74, 6) is 0.499. The Labute approximate surface area is 148 Å². The van der Waals surface area contributed by atoms with Crippen molar-refractivity contribution in [2.45, 2.75) is 32.6 Å². The molecule has 5 nitrogen and oxygen atoms in total. The minimum Gasteiger partial charge on any atom is -0.508 e. The number of nitrogens with zero attached hydrogens (tertiary/aromatic N) is 1. The molecule has 0 atom stereocenters. The molecule has 2 N–H and O–H groups in total. The van der Waals surface area contributed by atoms with Gasteiger partial charge in [0.25, 0.3) is 5.91 Å². The summed E-state index contributed by atoms with van der Waals surface area (Å²) in [6.07, 6.45) is 6.28. The number of unbranched alkanes of at least 4 members (excludes halogenated alkanes) is 3. The predicted octanol–water partition coefficient (Wildman–Crippen LogP) is 4.12. The lowest BCUT2D eigenvalue weighted by molar-refractivity contribution is 0.0954. The van der Waals surface area contributed by atoms with Crippen LogP contribution in [0.15, 0.2) is 53.6 Å². The summed E-state index contributed by atoms with van der Waals surface area (Å²) in [5.41, 5.74) is 3.64. The number of hydrazone groups is 1. The van der Waals surface area contributed by atoms with Crippen LogP contribution in [0.3, 0.4) is 0 Å². The molecule has 0 radical (unpaired) electrons. The van der Waals surface area contributed by atoms with Crippen molar-refractivity contribution in [1.29, 1.82) is 0 Å². The average Bonchev–Trinajstić information content (AvgIpc) is 2.62. The summed E-state index contributed by atoms with van der Waals surface area (Å²) in [4.78, 5) is 11.9. The van der Waals surface area contributed by atoms with Crippen molar-refractivity contribution < 1.29 is 14.6 Å². The van der Waals surface area contributed by atoms with Crippen LogP contribution in [0.2, 0.25) is 0 Å². The van der Waals surface area contributed by atoms with E-state index in [-0.39, 0.29) is 11.7 Å². The summed E-state index contributed by atoms with van der Waals surface area (Å²) >= 11 is 0. The maximum Gasteiger partial charge on any atom is 0.271 e. The van der Waals surface area contributed by atoms with Gasteiger partial charge in [-0.1, -0.05) is 32.3 Å². The average molecular weight is 340 g/mol. The SMILES string of the molecule is CCCCCCOc1ccc(/C=N\NC(=O)c2cccc(O)c2)cc1. The molecular weight excluding hydrogens is 316 g/mol. The normalized spacial score (nSPS) is 10.8. The Balaban J connectivity index is 1.78. The molecule has 0 saturated heterocycles. The highest BCUT2D eigenvalue weighted by molar-refractivity contribution is 5.95. The number of ether oxygens (including phenoxy) is 1. The van der Waals surface area contributed by atoms with Crippen LogP contribution < -0.4 is 10.2 Å². The number of aromatic hydroxyl groups is 1. The van der Waals surface area contributed by atoms with E-state index in [1.165, 1.54) is 31.4 Å². The lowest BCUT2D eigenvalue weighted by atomic mass is 10.2. The van der Waals surface area contributed by atoms with Gasteiger partial charge in [-0.15, -0.1) is 0 Å². The van der Waals surface area contributed by atoms with Crippen LogP contribution >= 0.6 is 0 Å². The molecule has 0 saturated carbocycles. The zero-order chi connectivity index (χ0) is 17.9. The summed E-state index contributed by atoms with van der Waals surface area (Å²) < 4.78 is 5.68. The van der Waals surface area contributed by atoms with Crippen LogP contribution in [0.25, 0.3) is 0 Å². The molecule has 25 heavy (non-hydrogen) atoms. The van der Waals surface area contributed by atoms with Crippen molar-refractivity contribution in [1.82, 2.24) is 5.43 Å². The molecule has 0 fully saturated rings. The summed E-state index contributed by atoms with van der Waals surface area (Å²) in [6.45, 7) is 2.92. The van der Waals surface area contributed by atoms with Crippen molar-refractivity contribution in [3.8, 4) is 11.5 Å². The first-order valence-electron chi connectivity index (χ1n) is 8.54. The van der Waals surface area contributed by atoms with E-state index in [1.54, 1.807) is 18.3 Å². The molecule has 1 amide bonds. The van der Waals surface area contributed by atoms with Gasteiger partial charge in [-0.05, 0) is 54.4 Å². The summed E-state index contributed by atoms with van der Waals surface area (Å²) in [6, 6.07) is 13.6. The highest BCUT2D eigenvalue weighted by Crippen LogP contribution is 2.12. The van der Waals surface area contributed by atoms with E-state index in [4.69, 9.17) is 4.74 Å². The molecule has 0 unspecified atom stereocenters. The van der Waals surface area contributed by atoms with E-state index in [9.17, 15) is 9.90 Å². The van der Waals surface area contributed by atoms with Gasteiger partial charge in [0, 0.05) is 5.56 Å². The number of benzene rings is 2. The standard InChI is InChI=1S/C20H24N2O3/c1-2-3-4-5-13-25-19-11-9-16(10-12-19)15-21-22-20(24)17-7-6-8-18(23)14-17/h6-12,14-15,23H,2-5,13H2,1H3,(H,22,24)/b21-15-. The van der Waals surface area contributed by atoms with Crippen LogP contribution in [-0.2, 0) is 0 Å². The lowest BCUT2D eigenvalue weighted by Crippen LogP contribution is -2.17. The van der Waals surface area contributed by atoms with Gasteiger partial charge < -0.3 is 9.84 Å². The minimum absolute atomic E-state index is 0.0434. The first-order chi connectivity index (χ1) is 12.2. The number of hydrogen-bond acceptors (Lipinski definition) is 4. The van der Waals surface area contributed by atoms with Gasteiger partial charge in [0.05, 0.1) is 12.8 Å². The number of phenolic OH excluding ortho intramolecular Hbond substituents is 1. The van der Waals surface area contributed by atoms with Gasteiger partial charge in [-0.2, -0.15) is 5.10 Å². The number of amides is 1. The molecule has 2 rings (SSSR count). The molecule has 0 aliphatic rings. The maximum atomic E-state index is 11.9. The Morgan fingerprint density at radius 1 is 1.16 bits per heavy atom. The molecule has 0 spiro atoms. The highest BCUT2D eigenvalue weighted by Gasteiger charge is 2.04. The van der Waals surface area contributed by atoms with E-state index in [1.807, 2.05) is 24.3 Å². The summed E-state index contributed by atoms with van der Waals surface area (Å²) in [7, 11) is 0. The monoisotopic (exact) mass is 340 g/mol. The topological polar surface area (TPSA) is 70.9 Å². The van der Waals surface area contributed by atoms with Gasteiger partial charge in [-0.3, -0.25) is 4.79 Å². The number of nitrogens with one attached hydrogen (secondary N) is 1. The third kappa shape index (κ3) is 6.67. The zero-order valence-electron chi connectivity index (χ0n) is 14.4. The first kappa shape index (κ1) is 18.5. The fourth-order valence-electron chi connectivity index (χ4n) is 2.25. The van der Waals surface area contributed by atoms with Crippen molar-refractivity contribution >= 4 is 12.1 Å². The molecule has 0 aliphatic carbocycles. The third-order valence-corrected chi connectivity index (χ3v) is 3.63. The Bertz CT molecular complexity index is 696. The Morgan fingerprint density at radius 2 is 1.96 bits per heavy atom. The van der Waals surface area contributed by atoms with Crippen molar-refractivity contribution in [3.05, 3.63) is 59.7 Å². The van der Waals surface area contributed by atoms with Crippen LogP contribution in [0.5, 0.6) is 11.5 Å². The van der Waals surface area contributed by atoms with Gasteiger partial charge in [0.1, 0.15) is 11.5 Å². The van der Waals surface area contributed by atoms with Gasteiger partial charge in [-0.25, -0.2) is 5.43 Å². The molecule has 0 heterocycles. The third-order valence-electron chi connectivity index (χ3n) is 3.63. The largest absolute Gasteiger partial charge is 0.508 e. The van der Waals surface area contributed by atoms with E-state index >= 15 is 0 Å². The molecule has 5 heteroatoms. The molecule has 0 aromatic heterocycles. The minimum atomic E-state index is -0.376. The van der Waals surface area contributed by atoms with Crippen molar-refractivity contribution in [2.75, 3.05) is 6.61 Å². The van der Waals surface area contributed by atoms with Gasteiger partial charge in [0.15, 0.2) is 0 Å². The van der Waals surface area contributed by atoms with Gasteiger partial charge >= 0.3 is 0 Å². The number of rotatable bonds is 9. The second-order valence-corrected chi connectivity index (χ2v) is 5.73. The number of phenols is 1. The van der Waals surface area contributed by atoms with Crippen LogP contribution in [-0.4, -0.2) is 23.8 Å². The molecule has 132 valence electrons. The number of hydrogen-bond donors (Lipinski definition) is 2. The van der Waals surface area contributed by atoms with Crippen LogP contribution in [0.4, 0.5) is 0 Å². The van der Waals surface area contributed by atoms with Crippen LogP contribution in [0.1, 0.15) is 48.5 Å². The highest BCUT2D eigenvalue weighted by atomic mass is 16.5.